The van der Waals surface area contributed by atoms with Crippen molar-refractivity contribution in [1.82, 2.24) is 10.4 Å². The SMILES string of the molecule is CC(C)C[C@H](C(=O)N1CC=C(c2ccccc2)CC1)[C@H](O)C(=O)NO. The Labute approximate surface area is 148 Å². The Kier molecular flexibility index (Phi) is 6.73. The topological polar surface area (TPSA) is 89.9 Å². The molecule has 3 N–H and O–H groups in total. The highest BCUT2D eigenvalue weighted by Gasteiger charge is 2.35. The van der Waals surface area contributed by atoms with E-state index < -0.39 is 17.9 Å². The number of carbonyl (C=O) groups is 2. The van der Waals surface area contributed by atoms with Gasteiger partial charge < -0.3 is 10.0 Å². The maximum atomic E-state index is 12.8. The molecule has 1 aliphatic rings. The summed E-state index contributed by atoms with van der Waals surface area (Å²) in [5, 5.41) is 18.9. The molecule has 2 rings (SSSR count). The summed E-state index contributed by atoms with van der Waals surface area (Å²) in [6.07, 6.45) is 1.56. The third-order valence-corrected chi connectivity index (χ3v) is 4.47. The summed E-state index contributed by atoms with van der Waals surface area (Å²) in [6.45, 7) is 4.84. The van der Waals surface area contributed by atoms with Crippen LogP contribution in [-0.4, -0.2) is 46.2 Å². The van der Waals surface area contributed by atoms with Crippen LogP contribution in [0.2, 0.25) is 0 Å². The second-order valence-corrected chi connectivity index (χ2v) is 6.79. The van der Waals surface area contributed by atoms with E-state index in [2.05, 4.69) is 0 Å². The van der Waals surface area contributed by atoms with Crippen molar-refractivity contribution in [3.05, 3.63) is 42.0 Å². The van der Waals surface area contributed by atoms with E-state index in [-0.39, 0.29) is 11.8 Å². The molecule has 1 heterocycles. The van der Waals surface area contributed by atoms with Crippen molar-refractivity contribution >= 4 is 17.4 Å². The average Bonchev–Trinajstić information content (AvgIpc) is 2.65. The molecule has 0 unspecified atom stereocenters. The molecule has 0 spiro atoms. The molecule has 0 saturated carbocycles. The normalized spacial score (nSPS) is 17.0. The van der Waals surface area contributed by atoms with Gasteiger partial charge in [-0.1, -0.05) is 50.3 Å². The van der Waals surface area contributed by atoms with Gasteiger partial charge in [-0.3, -0.25) is 14.8 Å². The lowest BCUT2D eigenvalue weighted by Gasteiger charge is -2.32. The highest BCUT2D eigenvalue weighted by Crippen LogP contribution is 2.25. The van der Waals surface area contributed by atoms with Crippen molar-refractivity contribution < 1.29 is 19.9 Å². The van der Waals surface area contributed by atoms with Crippen LogP contribution in [0.15, 0.2) is 36.4 Å². The Balaban J connectivity index is 2.10. The van der Waals surface area contributed by atoms with E-state index in [0.717, 1.165) is 12.0 Å². The first-order valence-corrected chi connectivity index (χ1v) is 8.59. The minimum absolute atomic E-state index is 0.135. The third-order valence-electron chi connectivity index (χ3n) is 4.47. The van der Waals surface area contributed by atoms with E-state index in [0.29, 0.717) is 19.5 Å². The Morgan fingerprint density at radius 3 is 2.44 bits per heavy atom. The van der Waals surface area contributed by atoms with Crippen molar-refractivity contribution in [3.63, 3.8) is 0 Å². The standard InChI is InChI=1S/C19H26N2O4/c1-13(2)12-16(17(22)18(23)20-25)19(24)21-10-8-15(9-11-21)14-6-4-3-5-7-14/h3-8,13,16-17,22,25H,9-12H2,1-2H3,(H,20,23)/t16-,17-/m0/s1. The molecular weight excluding hydrogens is 320 g/mol. The third kappa shape index (κ3) is 4.90. The summed E-state index contributed by atoms with van der Waals surface area (Å²) in [5.74, 6) is -1.93. The van der Waals surface area contributed by atoms with Gasteiger partial charge in [-0.2, -0.15) is 0 Å². The van der Waals surface area contributed by atoms with Crippen LogP contribution in [-0.2, 0) is 9.59 Å². The molecular formula is C19H26N2O4. The van der Waals surface area contributed by atoms with Crippen LogP contribution in [0.5, 0.6) is 0 Å². The number of amides is 2. The minimum atomic E-state index is -1.56. The highest BCUT2D eigenvalue weighted by molar-refractivity contribution is 5.89. The predicted molar refractivity (Wildman–Crippen MR) is 94.5 cm³/mol. The van der Waals surface area contributed by atoms with E-state index in [1.807, 2.05) is 50.3 Å². The second kappa shape index (κ2) is 8.78. The number of aliphatic hydroxyl groups is 1. The van der Waals surface area contributed by atoms with Gasteiger partial charge in [0.1, 0.15) is 6.10 Å². The largest absolute Gasteiger partial charge is 0.382 e. The zero-order chi connectivity index (χ0) is 18.4. The maximum Gasteiger partial charge on any atom is 0.272 e. The first-order valence-electron chi connectivity index (χ1n) is 8.59. The van der Waals surface area contributed by atoms with Gasteiger partial charge in [-0.25, -0.2) is 5.48 Å². The summed E-state index contributed by atoms with van der Waals surface area (Å²) >= 11 is 0. The molecule has 1 aromatic carbocycles. The number of hydrogen-bond acceptors (Lipinski definition) is 4. The summed E-state index contributed by atoms with van der Waals surface area (Å²) in [4.78, 5) is 26.0. The number of aliphatic hydroxyl groups excluding tert-OH is 1. The van der Waals surface area contributed by atoms with E-state index in [1.54, 1.807) is 4.90 Å². The summed E-state index contributed by atoms with van der Waals surface area (Å²) in [7, 11) is 0. The van der Waals surface area contributed by atoms with Crippen LogP contribution in [0.3, 0.4) is 0 Å². The first kappa shape index (κ1) is 19.1. The molecule has 1 aromatic rings. The lowest BCUT2D eigenvalue weighted by atomic mass is 9.89. The number of nitrogens with zero attached hydrogens (tertiary/aromatic N) is 1. The second-order valence-electron chi connectivity index (χ2n) is 6.79. The van der Waals surface area contributed by atoms with Crippen LogP contribution in [0.4, 0.5) is 0 Å². The van der Waals surface area contributed by atoms with Crippen molar-refractivity contribution in [2.24, 2.45) is 11.8 Å². The molecule has 1 aliphatic heterocycles. The number of benzene rings is 1. The van der Waals surface area contributed by atoms with Crippen LogP contribution in [0.1, 0.15) is 32.3 Å². The monoisotopic (exact) mass is 346 g/mol. The number of hydrogen-bond donors (Lipinski definition) is 3. The molecule has 0 saturated heterocycles. The predicted octanol–water partition coefficient (Wildman–Crippen LogP) is 1.83. The van der Waals surface area contributed by atoms with Gasteiger partial charge in [0, 0.05) is 13.1 Å². The lowest BCUT2D eigenvalue weighted by molar-refractivity contribution is -0.150. The number of carbonyl (C=O) groups excluding carboxylic acids is 2. The molecule has 0 radical (unpaired) electrons. The first-order chi connectivity index (χ1) is 11.9. The number of nitrogens with one attached hydrogen (secondary N) is 1. The minimum Gasteiger partial charge on any atom is -0.382 e. The zero-order valence-corrected chi connectivity index (χ0v) is 14.7. The van der Waals surface area contributed by atoms with Gasteiger partial charge in [0.2, 0.25) is 5.91 Å². The van der Waals surface area contributed by atoms with Gasteiger partial charge in [-0.15, -0.1) is 0 Å². The molecule has 25 heavy (non-hydrogen) atoms. The van der Waals surface area contributed by atoms with E-state index in [4.69, 9.17) is 5.21 Å². The molecule has 0 aromatic heterocycles. The van der Waals surface area contributed by atoms with Crippen LogP contribution in [0, 0.1) is 11.8 Å². The summed E-state index contributed by atoms with van der Waals surface area (Å²) < 4.78 is 0. The van der Waals surface area contributed by atoms with Crippen LogP contribution < -0.4 is 5.48 Å². The lowest BCUT2D eigenvalue weighted by Crippen LogP contribution is -2.48. The zero-order valence-electron chi connectivity index (χ0n) is 14.7. The summed E-state index contributed by atoms with van der Waals surface area (Å²) in [6, 6.07) is 10.0. The van der Waals surface area contributed by atoms with E-state index in [9.17, 15) is 14.7 Å². The Hall–Kier alpha value is -2.18. The molecule has 0 fully saturated rings. The highest BCUT2D eigenvalue weighted by atomic mass is 16.5. The van der Waals surface area contributed by atoms with Gasteiger partial charge in [0.05, 0.1) is 5.92 Å². The summed E-state index contributed by atoms with van der Waals surface area (Å²) in [5.41, 5.74) is 3.77. The van der Waals surface area contributed by atoms with Gasteiger partial charge in [-0.05, 0) is 29.9 Å². The number of rotatable bonds is 6. The Morgan fingerprint density at radius 1 is 1.24 bits per heavy atom. The molecule has 2 atom stereocenters. The van der Waals surface area contributed by atoms with Gasteiger partial charge in [0.15, 0.2) is 0 Å². The Morgan fingerprint density at radius 2 is 1.92 bits per heavy atom. The molecule has 6 heteroatoms. The molecule has 6 nitrogen and oxygen atoms in total. The average molecular weight is 346 g/mol. The van der Waals surface area contributed by atoms with Crippen molar-refractivity contribution in [2.75, 3.05) is 13.1 Å². The van der Waals surface area contributed by atoms with Crippen molar-refractivity contribution in [2.45, 2.75) is 32.8 Å². The fourth-order valence-corrected chi connectivity index (χ4v) is 3.14. The van der Waals surface area contributed by atoms with Crippen LogP contribution in [0.25, 0.3) is 5.57 Å². The van der Waals surface area contributed by atoms with Crippen LogP contribution >= 0.6 is 0 Å². The fraction of sp³-hybridized carbons (Fsp3) is 0.474. The Bertz CT molecular complexity index is 628. The molecule has 0 aliphatic carbocycles. The van der Waals surface area contributed by atoms with E-state index in [1.165, 1.54) is 11.1 Å². The maximum absolute atomic E-state index is 12.8. The van der Waals surface area contributed by atoms with Crippen molar-refractivity contribution in [3.8, 4) is 0 Å². The van der Waals surface area contributed by atoms with Crippen molar-refractivity contribution in [1.29, 1.82) is 0 Å². The quantitative estimate of drug-likeness (QED) is 0.541. The number of hydroxylamine groups is 1. The molecule has 136 valence electrons. The van der Waals surface area contributed by atoms with Gasteiger partial charge in [0.25, 0.3) is 5.91 Å². The van der Waals surface area contributed by atoms with Gasteiger partial charge >= 0.3 is 0 Å². The molecule has 0 bridgehead atoms. The fourth-order valence-electron chi connectivity index (χ4n) is 3.14. The smallest absolute Gasteiger partial charge is 0.272 e. The molecule has 2 amide bonds. The van der Waals surface area contributed by atoms with E-state index >= 15 is 0 Å².